The summed E-state index contributed by atoms with van der Waals surface area (Å²) in [5, 5.41) is 16.8. The van der Waals surface area contributed by atoms with Crippen molar-refractivity contribution >= 4 is 0 Å². The van der Waals surface area contributed by atoms with Crippen LogP contribution >= 0.6 is 0 Å². The Morgan fingerprint density at radius 3 is 2.65 bits per heavy atom. The summed E-state index contributed by atoms with van der Waals surface area (Å²) in [5.41, 5.74) is 4.81. The summed E-state index contributed by atoms with van der Waals surface area (Å²) < 4.78 is 2.06. The molecule has 0 bridgehead atoms. The van der Waals surface area contributed by atoms with Crippen LogP contribution in [-0.4, -0.2) is 28.0 Å². The predicted molar refractivity (Wildman–Crippen MR) is 80.7 cm³/mol. The van der Waals surface area contributed by atoms with Gasteiger partial charge in [-0.15, -0.1) is 0 Å². The van der Waals surface area contributed by atoms with Crippen LogP contribution in [0.15, 0.2) is 30.3 Å². The van der Waals surface area contributed by atoms with Gasteiger partial charge in [0, 0.05) is 24.4 Å². The Balaban J connectivity index is 2.04. The largest absolute Gasteiger partial charge is 0.396 e. The first-order chi connectivity index (χ1) is 9.72. The average molecular weight is 273 g/mol. The number of aliphatic hydroxyl groups excluding tert-OH is 1. The first-order valence-electron chi connectivity index (χ1n) is 7.10. The lowest BCUT2D eigenvalue weighted by Crippen LogP contribution is -2.16. The first-order valence-corrected chi connectivity index (χ1v) is 7.10. The second-order valence-corrected chi connectivity index (χ2v) is 5.05. The highest BCUT2D eigenvalue weighted by Crippen LogP contribution is 2.14. The van der Waals surface area contributed by atoms with E-state index in [-0.39, 0.29) is 6.61 Å². The zero-order valence-corrected chi connectivity index (χ0v) is 12.3. The number of hydrogen-bond donors (Lipinski definition) is 2. The molecule has 0 aliphatic carbocycles. The summed E-state index contributed by atoms with van der Waals surface area (Å²) in [5.74, 6) is 0. The van der Waals surface area contributed by atoms with Gasteiger partial charge in [0.25, 0.3) is 0 Å². The van der Waals surface area contributed by atoms with Gasteiger partial charge >= 0.3 is 0 Å². The highest BCUT2D eigenvalue weighted by molar-refractivity contribution is 5.25. The van der Waals surface area contributed by atoms with Crippen LogP contribution in [0.4, 0.5) is 0 Å². The molecule has 4 nitrogen and oxygen atoms in total. The maximum Gasteiger partial charge on any atom is 0.0662 e. The zero-order chi connectivity index (χ0) is 14.4. The zero-order valence-electron chi connectivity index (χ0n) is 12.3. The van der Waals surface area contributed by atoms with Crippen LogP contribution in [0.2, 0.25) is 0 Å². The van der Waals surface area contributed by atoms with Crippen molar-refractivity contribution in [2.24, 2.45) is 0 Å². The van der Waals surface area contributed by atoms with E-state index in [1.807, 2.05) is 6.07 Å². The third-order valence-corrected chi connectivity index (χ3v) is 3.52. The van der Waals surface area contributed by atoms with Gasteiger partial charge in [0.2, 0.25) is 0 Å². The standard InChI is InChI=1S/C16H23N3O/c1-13-16(11-17-9-6-10-20)14(2)19(18-13)12-15-7-4-3-5-8-15/h3-5,7-8,17,20H,6,9-12H2,1-2H3. The van der Waals surface area contributed by atoms with Crippen molar-refractivity contribution in [1.29, 1.82) is 0 Å². The molecule has 0 aliphatic rings. The third kappa shape index (κ3) is 3.68. The van der Waals surface area contributed by atoms with Crippen molar-refractivity contribution < 1.29 is 5.11 Å². The summed E-state index contributed by atoms with van der Waals surface area (Å²) >= 11 is 0. The number of hydrogen-bond acceptors (Lipinski definition) is 3. The molecular weight excluding hydrogens is 250 g/mol. The van der Waals surface area contributed by atoms with Crippen LogP contribution in [0.5, 0.6) is 0 Å². The molecule has 1 aromatic heterocycles. The molecule has 0 unspecified atom stereocenters. The molecule has 2 aromatic rings. The molecule has 0 atom stereocenters. The third-order valence-electron chi connectivity index (χ3n) is 3.52. The van der Waals surface area contributed by atoms with Crippen LogP contribution in [0.1, 0.15) is 28.9 Å². The second kappa shape index (κ2) is 7.22. The number of nitrogens with zero attached hydrogens (tertiary/aromatic N) is 2. The van der Waals surface area contributed by atoms with Crippen molar-refractivity contribution in [3.05, 3.63) is 52.8 Å². The lowest BCUT2D eigenvalue weighted by atomic mass is 10.2. The molecule has 1 aromatic carbocycles. The van der Waals surface area contributed by atoms with E-state index < -0.39 is 0 Å². The van der Waals surface area contributed by atoms with E-state index in [2.05, 4.69) is 53.2 Å². The molecule has 0 aliphatic heterocycles. The number of benzene rings is 1. The molecule has 0 radical (unpaired) electrons. The fraction of sp³-hybridized carbons (Fsp3) is 0.438. The van der Waals surface area contributed by atoms with Gasteiger partial charge in [-0.2, -0.15) is 5.10 Å². The normalized spacial score (nSPS) is 10.9. The number of nitrogens with one attached hydrogen (secondary N) is 1. The second-order valence-electron chi connectivity index (χ2n) is 5.05. The molecule has 0 fully saturated rings. The van der Waals surface area contributed by atoms with E-state index in [9.17, 15) is 0 Å². The number of aliphatic hydroxyl groups is 1. The van der Waals surface area contributed by atoms with Gasteiger partial charge in [-0.25, -0.2) is 0 Å². The monoisotopic (exact) mass is 273 g/mol. The van der Waals surface area contributed by atoms with Crippen LogP contribution < -0.4 is 5.32 Å². The molecule has 108 valence electrons. The van der Waals surface area contributed by atoms with Crippen LogP contribution in [0.3, 0.4) is 0 Å². The maximum absolute atomic E-state index is 8.78. The van der Waals surface area contributed by atoms with Gasteiger partial charge in [-0.1, -0.05) is 30.3 Å². The number of aryl methyl sites for hydroxylation is 1. The average Bonchev–Trinajstić information content (AvgIpc) is 2.72. The number of aromatic nitrogens is 2. The highest BCUT2D eigenvalue weighted by atomic mass is 16.3. The first kappa shape index (κ1) is 14.8. The minimum absolute atomic E-state index is 0.234. The summed E-state index contributed by atoms with van der Waals surface area (Å²) in [6, 6.07) is 10.4. The smallest absolute Gasteiger partial charge is 0.0662 e. The molecule has 1 heterocycles. The highest BCUT2D eigenvalue weighted by Gasteiger charge is 2.11. The minimum Gasteiger partial charge on any atom is -0.396 e. The van der Waals surface area contributed by atoms with Crippen molar-refractivity contribution in [1.82, 2.24) is 15.1 Å². The molecule has 2 N–H and O–H groups in total. The van der Waals surface area contributed by atoms with Gasteiger partial charge in [0.15, 0.2) is 0 Å². The Hall–Kier alpha value is -1.65. The van der Waals surface area contributed by atoms with E-state index in [0.717, 1.165) is 31.7 Å². The molecule has 0 spiro atoms. The van der Waals surface area contributed by atoms with Crippen molar-refractivity contribution in [2.45, 2.75) is 33.4 Å². The van der Waals surface area contributed by atoms with Gasteiger partial charge < -0.3 is 10.4 Å². The Labute approximate surface area is 120 Å². The SMILES string of the molecule is Cc1nn(Cc2ccccc2)c(C)c1CNCCCO. The molecule has 0 saturated heterocycles. The van der Waals surface area contributed by atoms with Crippen molar-refractivity contribution in [2.75, 3.05) is 13.2 Å². The Morgan fingerprint density at radius 1 is 1.20 bits per heavy atom. The molecular formula is C16H23N3O. The molecule has 0 amide bonds. The fourth-order valence-electron chi connectivity index (χ4n) is 2.32. The van der Waals surface area contributed by atoms with E-state index in [1.165, 1.54) is 16.8 Å². The van der Waals surface area contributed by atoms with E-state index in [4.69, 9.17) is 5.11 Å². The van der Waals surface area contributed by atoms with Crippen LogP contribution in [0, 0.1) is 13.8 Å². The lowest BCUT2D eigenvalue weighted by Gasteiger charge is -2.06. The fourth-order valence-corrected chi connectivity index (χ4v) is 2.32. The van der Waals surface area contributed by atoms with E-state index in [1.54, 1.807) is 0 Å². The summed E-state index contributed by atoms with van der Waals surface area (Å²) in [7, 11) is 0. The summed E-state index contributed by atoms with van der Waals surface area (Å²) in [4.78, 5) is 0. The molecule has 20 heavy (non-hydrogen) atoms. The van der Waals surface area contributed by atoms with Crippen LogP contribution in [-0.2, 0) is 13.1 Å². The lowest BCUT2D eigenvalue weighted by molar-refractivity contribution is 0.286. The molecule has 4 heteroatoms. The quantitative estimate of drug-likeness (QED) is 0.759. The Kier molecular flexibility index (Phi) is 5.32. The van der Waals surface area contributed by atoms with Gasteiger partial charge in [0.05, 0.1) is 12.2 Å². The molecule has 2 rings (SSSR count). The maximum atomic E-state index is 8.78. The number of rotatable bonds is 7. The van der Waals surface area contributed by atoms with E-state index in [0.29, 0.717) is 0 Å². The topological polar surface area (TPSA) is 50.1 Å². The van der Waals surface area contributed by atoms with Crippen molar-refractivity contribution in [3.63, 3.8) is 0 Å². The molecule has 0 saturated carbocycles. The van der Waals surface area contributed by atoms with Gasteiger partial charge in [-0.3, -0.25) is 4.68 Å². The van der Waals surface area contributed by atoms with Crippen LogP contribution in [0.25, 0.3) is 0 Å². The summed E-state index contributed by atoms with van der Waals surface area (Å²) in [6.45, 7) is 6.86. The Bertz CT molecular complexity index is 534. The van der Waals surface area contributed by atoms with Gasteiger partial charge in [-0.05, 0) is 32.4 Å². The van der Waals surface area contributed by atoms with Gasteiger partial charge in [0.1, 0.15) is 0 Å². The van der Waals surface area contributed by atoms with E-state index >= 15 is 0 Å². The predicted octanol–water partition coefficient (Wildman–Crippen LogP) is 2.02. The minimum atomic E-state index is 0.234. The Morgan fingerprint density at radius 2 is 1.95 bits per heavy atom. The summed E-state index contributed by atoms with van der Waals surface area (Å²) in [6.07, 6.45) is 0.788. The van der Waals surface area contributed by atoms with Crippen molar-refractivity contribution in [3.8, 4) is 0 Å².